The zero-order valence-corrected chi connectivity index (χ0v) is 12.7. The minimum absolute atomic E-state index is 0.707. The number of rotatable bonds is 6. The van der Waals surface area contributed by atoms with Crippen molar-refractivity contribution < 1.29 is 0 Å². The van der Waals surface area contributed by atoms with Crippen LogP contribution < -0.4 is 5.32 Å². The fourth-order valence-electron chi connectivity index (χ4n) is 2.38. The van der Waals surface area contributed by atoms with E-state index in [0.29, 0.717) is 6.54 Å². The third-order valence-electron chi connectivity index (χ3n) is 3.52. The highest BCUT2D eigenvalue weighted by atomic mass is 15.5. The van der Waals surface area contributed by atoms with Gasteiger partial charge >= 0.3 is 0 Å². The van der Waals surface area contributed by atoms with Gasteiger partial charge in [0.05, 0.1) is 6.54 Å². The molecule has 1 N–H and O–H groups in total. The van der Waals surface area contributed by atoms with Crippen LogP contribution >= 0.6 is 0 Å². The SMILES string of the molecule is CCn1nc(CNCc2ccccc2)c(-c2ccccc2)n1. The normalized spacial score (nSPS) is 10.8. The number of hydrogen-bond acceptors (Lipinski definition) is 3. The molecule has 4 nitrogen and oxygen atoms in total. The molecule has 0 unspecified atom stereocenters. The van der Waals surface area contributed by atoms with E-state index in [-0.39, 0.29) is 0 Å². The minimum atomic E-state index is 0.707. The number of hydrogen-bond donors (Lipinski definition) is 1. The van der Waals surface area contributed by atoms with Gasteiger partial charge in [-0.05, 0) is 12.5 Å². The maximum atomic E-state index is 4.59. The molecule has 3 aromatic rings. The van der Waals surface area contributed by atoms with Crippen molar-refractivity contribution in [1.29, 1.82) is 0 Å². The molecule has 2 aromatic carbocycles. The van der Waals surface area contributed by atoms with Gasteiger partial charge in [0, 0.05) is 18.7 Å². The lowest BCUT2D eigenvalue weighted by molar-refractivity contribution is 0.558. The first-order valence-electron chi connectivity index (χ1n) is 7.61. The Bertz CT molecular complexity index is 704. The van der Waals surface area contributed by atoms with Crippen molar-refractivity contribution in [2.75, 3.05) is 0 Å². The third kappa shape index (κ3) is 3.40. The molecule has 0 aliphatic carbocycles. The van der Waals surface area contributed by atoms with Crippen LogP contribution in [0.3, 0.4) is 0 Å². The van der Waals surface area contributed by atoms with Gasteiger partial charge in [0.15, 0.2) is 0 Å². The number of aryl methyl sites for hydroxylation is 1. The Kier molecular flexibility index (Phi) is 4.61. The fourth-order valence-corrected chi connectivity index (χ4v) is 2.38. The van der Waals surface area contributed by atoms with Gasteiger partial charge in [-0.25, -0.2) is 0 Å². The highest BCUT2D eigenvalue weighted by molar-refractivity contribution is 5.60. The predicted molar refractivity (Wildman–Crippen MR) is 88.1 cm³/mol. The molecule has 0 aliphatic rings. The van der Waals surface area contributed by atoms with Gasteiger partial charge in [0.25, 0.3) is 0 Å². The van der Waals surface area contributed by atoms with Crippen LogP contribution in [0.4, 0.5) is 0 Å². The van der Waals surface area contributed by atoms with E-state index >= 15 is 0 Å². The first-order chi connectivity index (χ1) is 10.9. The van der Waals surface area contributed by atoms with Crippen molar-refractivity contribution in [3.8, 4) is 11.3 Å². The molecular formula is C18H20N4. The topological polar surface area (TPSA) is 42.7 Å². The van der Waals surface area contributed by atoms with Gasteiger partial charge in [0.2, 0.25) is 0 Å². The molecule has 0 fully saturated rings. The molecule has 3 rings (SSSR count). The second-order valence-electron chi connectivity index (χ2n) is 5.14. The zero-order chi connectivity index (χ0) is 15.2. The zero-order valence-electron chi connectivity index (χ0n) is 12.7. The summed E-state index contributed by atoms with van der Waals surface area (Å²) in [7, 11) is 0. The molecule has 22 heavy (non-hydrogen) atoms. The molecule has 1 aromatic heterocycles. The standard InChI is InChI=1S/C18H20N4/c1-2-22-20-17(14-19-13-15-9-5-3-6-10-15)18(21-22)16-11-7-4-8-12-16/h3-12,19H,2,13-14H2,1H3. The van der Waals surface area contributed by atoms with Crippen LogP contribution in [0.1, 0.15) is 18.2 Å². The molecule has 0 amide bonds. The summed E-state index contributed by atoms with van der Waals surface area (Å²) < 4.78 is 0. The van der Waals surface area contributed by atoms with E-state index in [0.717, 1.165) is 30.0 Å². The first kappa shape index (κ1) is 14.5. The van der Waals surface area contributed by atoms with E-state index in [9.17, 15) is 0 Å². The molecule has 1 heterocycles. The summed E-state index contributed by atoms with van der Waals surface area (Å²) in [6.45, 7) is 4.36. The van der Waals surface area contributed by atoms with Gasteiger partial charge < -0.3 is 5.32 Å². The highest BCUT2D eigenvalue weighted by Crippen LogP contribution is 2.19. The Labute approximate surface area is 130 Å². The predicted octanol–water partition coefficient (Wildman–Crippen LogP) is 3.25. The highest BCUT2D eigenvalue weighted by Gasteiger charge is 2.12. The Morgan fingerprint density at radius 2 is 1.55 bits per heavy atom. The van der Waals surface area contributed by atoms with E-state index in [1.165, 1.54) is 5.56 Å². The van der Waals surface area contributed by atoms with Gasteiger partial charge in [0.1, 0.15) is 11.4 Å². The lowest BCUT2D eigenvalue weighted by Gasteiger charge is -2.04. The maximum Gasteiger partial charge on any atom is 0.117 e. The lowest BCUT2D eigenvalue weighted by Crippen LogP contribution is -2.14. The summed E-state index contributed by atoms with van der Waals surface area (Å²) >= 11 is 0. The quantitative estimate of drug-likeness (QED) is 0.758. The molecule has 0 saturated heterocycles. The first-order valence-corrected chi connectivity index (χ1v) is 7.61. The summed E-state index contributed by atoms with van der Waals surface area (Å²) in [6.07, 6.45) is 0. The molecule has 0 bridgehead atoms. The molecule has 0 saturated carbocycles. The Hall–Kier alpha value is -2.46. The van der Waals surface area contributed by atoms with Crippen molar-refractivity contribution in [3.63, 3.8) is 0 Å². The van der Waals surface area contributed by atoms with E-state index in [4.69, 9.17) is 0 Å². The molecule has 4 heteroatoms. The largest absolute Gasteiger partial charge is 0.307 e. The number of aromatic nitrogens is 3. The monoisotopic (exact) mass is 292 g/mol. The van der Waals surface area contributed by atoms with Crippen molar-refractivity contribution >= 4 is 0 Å². The maximum absolute atomic E-state index is 4.59. The summed E-state index contributed by atoms with van der Waals surface area (Å²) in [6, 6.07) is 20.6. The van der Waals surface area contributed by atoms with Crippen LogP contribution in [0.5, 0.6) is 0 Å². The lowest BCUT2D eigenvalue weighted by atomic mass is 10.1. The second-order valence-corrected chi connectivity index (χ2v) is 5.14. The minimum Gasteiger partial charge on any atom is -0.307 e. The number of nitrogens with zero attached hydrogens (tertiary/aromatic N) is 3. The Morgan fingerprint density at radius 3 is 2.23 bits per heavy atom. The van der Waals surface area contributed by atoms with E-state index in [1.54, 1.807) is 4.80 Å². The van der Waals surface area contributed by atoms with Crippen LogP contribution in [-0.4, -0.2) is 15.0 Å². The molecule has 0 atom stereocenters. The summed E-state index contributed by atoms with van der Waals surface area (Å²) in [5, 5.41) is 12.6. The number of nitrogens with one attached hydrogen (secondary N) is 1. The fraction of sp³-hybridized carbons (Fsp3) is 0.222. The van der Waals surface area contributed by atoms with E-state index in [1.807, 2.05) is 24.3 Å². The van der Waals surface area contributed by atoms with Crippen LogP contribution in [-0.2, 0) is 19.6 Å². The summed E-state index contributed by atoms with van der Waals surface area (Å²) in [4.78, 5) is 1.75. The summed E-state index contributed by atoms with van der Waals surface area (Å²) in [5.74, 6) is 0. The summed E-state index contributed by atoms with van der Waals surface area (Å²) in [5.41, 5.74) is 4.33. The van der Waals surface area contributed by atoms with Gasteiger partial charge in [-0.2, -0.15) is 15.0 Å². The number of benzene rings is 2. The van der Waals surface area contributed by atoms with Crippen molar-refractivity contribution in [2.24, 2.45) is 0 Å². The van der Waals surface area contributed by atoms with Crippen LogP contribution in [0.15, 0.2) is 60.7 Å². The van der Waals surface area contributed by atoms with Crippen LogP contribution in [0.2, 0.25) is 0 Å². The van der Waals surface area contributed by atoms with Crippen molar-refractivity contribution in [1.82, 2.24) is 20.3 Å². The Balaban J connectivity index is 1.74. The van der Waals surface area contributed by atoms with Crippen molar-refractivity contribution in [2.45, 2.75) is 26.6 Å². The van der Waals surface area contributed by atoms with Gasteiger partial charge in [-0.15, -0.1) is 0 Å². The van der Waals surface area contributed by atoms with Gasteiger partial charge in [-0.3, -0.25) is 0 Å². The van der Waals surface area contributed by atoms with Crippen LogP contribution in [0.25, 0.3) is 11.3 Å². The average Bonchev–Trinajstić information content (AvgIpc) is 3.00. The van der Waals surface area contributed by atoms with E-state index < -0.39 is 0 Å². The Morgan fingerprint density at radius 1 is 0.864 bits per heavy atom. The molecule has 0 spiro atoms. The van der Waals surface area contributed by atoms with Gasteiger partial charge in [-0.1, -0.05) is 60.7 Å². The molecule has 0 aliphatic heterocycles. The molecular weight excluding hydrogens is 272 g/mol. The van der Waals surface area contributed by atoms with Crippen LogP contribution in [0, 0.1) is 0 Å². The smallest absolute Gasteiger partial charge is 0.117 e. The second kappa shape index (κ2) is 7.00. The average molecular weight is 292 g/mol. The molecule has 112 valence electrons. The van der Waals surface area contributed by atoms with E-state index in [2.05, 4.69) is 58.8 Å². The molecule has 0 radical (unpaired) electrons. The van der Waals surface area contributed by atoms with Crippen molar-refractivity contribution in [3.05, 3.63) is 71.9 Å². The third-order valence-corrected chi connectivity index (χ3v) is 3.52.